The Balaban J connectivity index is 3.07. The van der Waals surface area contributed by atoms with Crippen molar-refractivity contribution >= 4 is 11.4 Å². The third kappa shape index (κ3) is 4.80. The second kappa shape index (κ2) is 8.11. The van der Waals surface area contributed by atoms with E-state index in [1.807, 2.05) is 13.8 Å². The van der Waals surface area contributed by atoms with Crippen LogP contribution in [0.1, 0.15) is 47.5 Å². The zero-order valence-electron chi connectivity index (χ0n) is 13.9. The van der Waals surface area contributed by atoms with E-state index in [4.69, 9.17) is 10.5 Å². The van der Waals surface area contributed by atoms with E-state index < -0.39 is 5.82 Å². The molecule has 0 atom stereocenters. The van der Waals surface area contributed by atoms with Crippen LogP contribution in [0.25, 0.3) is 0 Å². The van der Waals surface area contributed by atoms with Gasteiger partial charge in [0, 0.05) is 25.2 Å². The van der Waals surface area contributed by atoms with E-state index in [9.17, 15) is 4.39 Å². The molecule has 21 heavy (non-hydrogen) atoms. The summed E-state index contributed by atoms with van der Waals surface area (Å²) in [6.45, 7) is 12.0. The predicted octanol–water partition coefficient (Wildman–Crippen LogP) is 4.46. The Labute approximate surface area is 128 Å². The maximum Gasteiger partial charge on any atom is 0.167 e. The van der Waals surface area contributed by atoms with Crippen LogP contribution < -0.4 is 15.4 Å². The largest absolute Gasteiger partial charge is 0.488 e. The lowest BCUT2D eigenvalue weighted by molar-refractivity contribution is 0.231. The van der Waals surface area contributed by atoms with Gasteiger partial charge >= 0.3 is 0 Å². The Morgan fingerprint density at radius 3 is 2.29 bits per heavy atom. The fourth-order valence-corrected chi connectivity index (χ4v) is 2.43. The smallest absolute Gasteiger partial charge is 0.167 e. The third-order valence-corrected chi connectivity index (χ3v) is 3.80. The summed E-state index contributed by atoms with van der Waals surface area (Å²) in [4.78, 5) is 2.21. The molecular formula is C17H29FN2O. The summed E-state index contributed by atoms with van der Waals surface area (Å²) in [7, 11) is 0. The average molecular weight is 296 g/mol. The van der Waals surface area contributed by atoms with E-state index in [1.165, 1.54) is 6.07 Å². The van der Waals surface area contributed by atoms with Crippen LogP contribution in [-0.2, 0) is 0 Å². The molecule has 120 valence electrons. The number of nitrogen functional groups attached to an aromatic ring is 1. The van der Waals surface area contributed by atoms with Gasteiger partial charge in [0.1, 0.15) is 0 Å². The lowest BCUT2D eigenvalue weighted by atomic mass is 10.0. The number of hydrogen-bond acceptors (Lipinski definition) is 3. The lowest BCUT2D eigenvalue weighted by Gasteiger charge is -2.29. The van der Waals surface area contributed by atoms with Crippen molar-refractivity contribution in [3.05, 3.63) is 17.9 Å². The second-order valence-corrected chi connectivity index (χ2v) is 5.73. The zero-order chi connectivity index (χ0) is 16.0. The summed E-state index contributed by atoms with van der Waals surface area (Å²) in [5.74, 6) is 0.490. The summed E-state index contributed by atoms with van der Waals surface area (Å²) in [6.07, 6.45) is 2.19. The molecule has 0 saturated heterocycles. The van der Waals surface area contributed by atoms with E-state index in [-0.39, 0.29) is 11.9 Å². The molecule has 0 heterocycles. The van der Waals surface area contributed by atoms with Gasteiger partial charge < -0.3 is 15.4 Å². The molecule has 2 N–H and O–H groups in total. The molecule has 1 rings (SSSR count). The monoisotopic (exact) mass is 296 g/mol. The van der Waals surface area contributed by atoms with Crippen LogP contribution in [0.4, 0.5) is 15.8 Å². The minimum atomic E-state index is -0.400. The summed E-state index contributed by atoms with van der Waals surface area (Å²) in [5, 5.41) is 0. The Bertz CT molecular complexity index is 445. The van der Waals surface area contributed by atoms with Crippen LogP contribution in [0.3, 0.4) is 0 Å². The van der Waals surface area contributed by atoms with E-state index in [2.05, 4.69) is 25.7 Å². The molecule has 1 aromatic rings. The highest BCUT2D eigenvalue weighted by Crippen LogP contribution is 2.32. The topological polar surface area (TPSA) is 38.5 Å². The molecule has 4 heteroatoms. The van der Waals surface area contributed by atoms with Gasteiger partial charge in [0.15, 0.2) is 11.6 Å². The number of hydrogen-bond donors (Lipinski definition) is 1. The standard InChI is InChI=1S/C17H29FN2O/c1-6-13(7-2)11-20(8-3)16-10-17(21-12(4)5)14(18)9-15(16)19/h9-10,12-13H,6-8,11,19H2,1-5H3. The van der Waals surface area contributed by atoms with Crippen LogP contribution in [-0.4, -0.2) is 19.2 Å². The van der Waals surface area contributed by atoms with Crippen molar-refractivity contribution in [3.8, 4) is 5.75 Å². The van der Waals surface area contributed by atoms with E-state index >= 15 is 0 Å². The van der Waals surface area contributed by atoms with Crippen LogP contribution in [0.5, 0.6) is 5.75 Å². The van der Waals surface area contributed by atoms with Crippen LogP contribution in [0.2, 0.25) is 0 Å². The van der Waals surface area contributed by atoms with Crippen molar-refractivity contribution in [2.75, 3.05) is 23.7 Å². The molecule has 0 bridgehead atoms. The van der Waals surface area contributed by atoms with Crippen LogP contribution in [0, 0.1) is 11.7 Å². The molecule has 1 aromatic carbocycles. The molecule has 0 radical (unpaired) electrons. The summed E-state index contributed by atoms with van der Waals surface area (Å²) in [5.41, 5.74) is 7.35. The minimum absolute atomic E-state index is 0.0647. The van der Waals surface area contributed by atoms with Crippen molar-refractivity contribution in [1.82, 2.24) is 0 Å². The SMILES string of the molecule is CCC(CC)CN(CC)c1cc(OC(C)C)c(F)cc1N. The van der Waals surface area contributed by atoms with Crippen molar-refractivity contribution in [2.24, 2.45) is 5.92 Å². The van der Waals surface area contributed by atoms with E-state index in [1.54, 1.807) is 6.07 Å². The Hall–Kier alpha value is -1.45. The molecule has 0 saturated carbocycles. The van der Waals surface area contributed by atoms with Crippen molar-refractivity contribution in [2.45, 2.75) is 53.6 Å². The van der Waals surface area contributed by atoms with E-state index in [0.717, 1.165) is 31.6 Å². The number of anilines is 2. The maximum atomic E-state index is 13.9. The number of benzene rings is 1. The fraction of sp³-hybridized carbons (Fsp3) is 0.647. The minimum Gasteiger partial charge on any atom is -0.488 e. The molecule has 0 fully saturated rings. The van der Waals surface area contributed by atoms with Gasteiger partial charge in [-0.2, -0.15) is 0 Å². The van der Waals surface area contributed by atoms with Crippen molar-refractivity contribution < 1.29 is 9.13 Å². The van der Waals surface area contributed by atoms with Gasteiger partial charge in [-0.25, -0.2) is 4.39 Å². The van der Waals surface area contributed by atoms with Gasteiger partial charge in [-0.05, 0) is 26.7 Å². The van der Waals surface area contributed by atoms with Gasteiger partial charge in [-0.3, -0.25) is 0 Å². The predicted molar refractivity (Wildman–Crippen MR) is 88.5 cm³/mol. The molecule has 3 nitrogen and oxygen atoms in total. The fourth-order valence-electron chi connectivity index (χ4n) is 2.43. The molecule has 0 amide bonds. The highest BCUT2D eigenvalue weighted by molar-refractivity contribution is 5.70. The first kappa shape index (κ1) is 17.6. The summed E-state index contributed by atoms with van der Waals surface area (Å²) < 4.78 is 19.5. The van der Waals surface area contributed by atoms with Gasteiger partial charge in [-0.1, -0.05) is 26.7 Å². The first-order valence-corrected chi connectivity index (χ1v) is 7.93. The van der Waals surface area contributed by atoms with Crippen LogP contribution >= 0.6 is 0 Å². The third-order valence-electron chi connectivity index (χ3n) is 3.80. The molecule has 0 aromatic heterocycles. The molecule has 0 aliphatic carbocycles. The molecule has 0 unspecified atom stereocenters. The number of ether oxygens (including phenoxy) is 1. The zero-order valence-corrected chi connectivity index (χ0v) is 13.9. The van der Waals surface area contributed by atoms with Crippen LogP contribution in [0.15, 0.2) is 12.1 Å². The van der Waals surface area contributed by atoms with Crippen molar-refractivity contribution in [1.29, 1.82) is 0 Å². The highest BCUT2D eigenvalue weighted by Gasteiger charge is 2.17. The number of halogens is 1. The maximum absolute atomic E-state index is 13.9. The van der Waals surface area contributed by atoms with Crippen molar-refractivity contribution in [3.63, 3.8) is 0 Å². The van der Waals surface area contributed by atoms with E-state index in [0.29, 0.717) is 11.6 Å². The first-order chi connectivity index (χ1) is 9.92. The molecule has 0 aliphatic rings. The Morgan fingerprint density at radius 2 is 1.81 bits per heavy atom. The van der Waals surface area contributed by atoms with Gasteiger partial charge in [0.05, 0.1) is 17.5 Å². The second-order valence-electron chi connectivity index (χ2n) is 5.73. The van der Waals surface area contributed by atoms with Gasteiger partial charge in [0.25, 0.3) is 0 Å². The first-order valence-electron chi connectivity index (χ1n) is 7.93. The number of rotatable bonds is 8. The molecular weight excluding hydrogens is 267 g/mol. The quantitative estimate of drug-likeness (QED) is 0.720. The summed E-state index contributed by atoms with van der Waals surface area (Å²) in [6, 6.07) is 3.10. The Kier molecular flexibility index (Phi) is 6.79. The molecule has 0 aliphatic heterocycles. The number of nitrogens with zero attached hydrogens (tertiary/aromatic N) is 1. The Morgan fingerprint density at radius 1 is 1.19 bits per heavy atom. The van der Waals surface area contributed by atoms with Gasteiger partial charge in [-0.15, -0.1) is 0 Å². The highest BCUT2D eigenvalue weighted by atomic mass is 19.1. The number of nitrogens with two attached hydrogens (primary N) is 1. The summed E-state index contributed by atoms with van der Waals surface area (Å²) >= 11 is 0. The lowest BCUT2D eigenvalue weighted by Crippen LogP contribution is -2.29. The van der Waals surface area contributed by atoms with Gasteiger partial charge in [0.2, 0.25) is 0 Å². The molecule has 0 spiro atoms. The normalized spacial score (nSPS) is 11.2. The average Bonchev–Trinajstić information content (AvgIpc) is 2.43.